The number of thiazole rings is 1. The molecule has 0 aliphatic carbocycles. The molecule has 96 valence electrons. The maximum Gasteiger partial charge on any atom is 0.223 e. The molecule has 2 N–H and O–H groups in total. The lowest BCUT2D eigenvalue weighted by molar-refractivity contribution is 0.458. The summed E-state index contributed by atoms with van der Waals surface area (Å²) < 4.78 is 25.6. The van der Waals surface area contributed by atoms with Gasteiger partial charge in [0.25, 0.3) is 0 Å². The molecule has 1 rings (SSSR count). The predicted molar refractivity (Wildman–Crippen MR) is 73.4 cm³/mol. The Kier molecular flexibility index (Phi) is 4.99. The fourth-order valence-electron chi connectivity index (χ4n) is 1.41. The van der Waals surface area contributed by atoms with E-state index >= 15 is 0 Å². The van der Waals surface area contributed by atoms with Gasteiger partial charge in [0.05, 0.1) is 22.7 Å². The monoisotopic (exact) mass is 293 g/mol. The van der Waals surface area contributed by atoms with E-state index in [0.717, 1.165) is 5.69 Å². The van der Waals surface area contributed by atoms with Crippen LogP contribution in [0.5, 0.6) is 0 Å². The van der Waals surface area contributed by atoms with Crippen LogP contribution in [0.3, 0.4) is 0 Å². The second kappa shape index (κ2) is 5.85. The van der Waals surface area contributed by atoms with Crippen molar-refractivity contribution in [3.63, 3.8) is 0 Å². The Hall–Kier alpha value is -0.570. The molecule has 0 bridgehead atoms. The summed E-state index contributed by atoms with van der Waals surface area (Å²) >= 11 is 6.22. The molecular formula is C9H15N3O2S3. The molecule has 1 unspecified atom stereocenters. The molecule has 1 heterocycles. The van der Waals surface area contributed by atoms with Gasteiger partial charge in [0.15, 0.2) is 0 Å². The Labute approximate surface area is 111 Å². The molecule has 0 aliphatic rings. The molecule has 1 aromatic heterocycles. The van der Waals surface area contributed by atoms with Crippen molar-refractivity contribution in [2.75, 3.05) is 7.05 Å². The van der Waals surface area contributed by atoms with Gasteiger partial charge < -0.3 is 5.73 Å². The average molecular weight is 293 g/mol. The lowest BCUT2D eigenvalue weighted by atomic mass is 10.3. The zero-order chi connectivity index (χ0) is 13.1. The highest BCUT2D eigenvalue weighted by atomic mass is 32.2. The number of nitrogens with zero attached hydrogens (tertiary/aromatic N) is 2. The lowest BCUT2D eigenvalue weighted by Gasteiger charge is -2.22. The largest absolute Gasteiger partial charge is 0.392 e. The molecule has 8 heteroatoms. The van der Waals surface area contributed by atoms with Crippen LogP contribution in [0.4, 0.5) is 0 Å². The van der Waals surface area contributed by atoms with Gasteiger partial charge in [-0.05, 0) is 6.42 Å². The van der Waals surface area contributed by atoms with E-state index in [9.17, 15) is 8.42 Å². The van der Waals surface area contributed by atoms with Crippen molar-refractivity contribution >= 4 is 38.6 Å². The van der Waals surface area contributed by atoms with Crippen LogP contribution < -0.4 is 5.73 Å². The molecule has 5 nitrogen and oxygen atoms in total. The second-order valence-corrected chi connectivity index (χ2v) is 6.99. The van der Waals surface area contributed by atoms with Gasteiger partial charge in [0.2, 0.25) is 10.0 Å². The van der Waals surface area contributed by atoms with Crippen LogP contribution in [0.1, 0.15) is 19.0 Å². The minimum absolute atomic E-state index is 0.0117. The van der Waals surface area contributed by atoms with Gasteiger partial charge >= 0.3 is 0 Å². The summed E-state index contributed by atoms with van der Waals surface area (Å²) in [6, 6.07) is 0. The predicted octanol–water partition coefficient (Wildman–Crippen LogP) is 0.969. The third-order valence-corrected chi connectivity index (χ3v) is 5.72. The first-order chi connectivity index (χ1) is 7.89. The van der Waals surface area contributed by atoms with Crippen molar-refractivity contribution in [3.05, 3.63) is 16.6 Å². The third-order valence-electron chi connectivity index (χ3n) is 2.35. The van der Waals surface area contributed by atoms with E-state index in [1.54, 1.807) is 12.4 Å². The Morgan fingerprint density at radius 2 is 2.35 bits per heavy atom. The van der Waals surface area contributed by atoms with Crippen molar-refractivity contribution < 1.29 is 8.42 Å². The minimum Gasteiger partial charge on any atom is -0.392 e. The first kappa shape index (κ1) is 14.5. The standard InChI is InChI=1S/C9H15N3O2S3/c1-3-8(9(10)15)17(13,14)12(2)4-7-5-16-6-11-7/h5-6,8H,3-4H2,1-2H3,(H2,10,15). The number of nitrogens with two attached hydrogens (primary N) is 1. The van der Waals surface area contributed by atoms with Crippen molar-refractivity contribution in [3.8, 4) is 0 Å². The molecule has 0 amide bonds. The molecule has 0 spiro atoms. The maximum absolute atomic E-state index is 12.2. The highest BCUT2D eigenvalue weighted by Gasteiger charge is 2.30. The van der Waals surface area contributed by atoms with Crippen molar-refractivity contribution in [1.82, 2.24) is 9.29 Å². The van der Waals surface area contributed by atoms with Crippen LogP contribution >= 0.6 is 23.6 Å². The van der Waals surface area contributed by atoms with Gasteiger partial charge in [-0.15, -0.1) is 11.3 Å². The molecule has 1 atom stereocenters. The number of rotatable bonds is 6. The van der Waals surface area contributed by atoms with E-state index in [0.29, 0.717) is 6.42 Å². The molecule has 0 radical (unpaired) electrons. The van der Waals surface area contributed by atoms with Gasteiger partial charge in [-0.25, -0.2) is 13.4 Å². The normalized spacial score (nSPS) is 13.8. The number of aromatic nitrogens is 1. The summed E-state index contributed by atoms with van der Waals surface area (Å²) in [7, 11) is -1.99. The van der Waals surface area contributed by atoms with Crippen LogP contribution in [0.15, 0.2) is 10.9 Å². The Morgan fingerprint density at radius 1 is 1.71 bits per heavy atom. The third kappa shape index (κ3) is 3.44. The van der Waals surface area contributed by atoms with E-state index in [1.165, 1.54) is 22.7 Å². The van der Waals surface area contributed by atoms with Crippen LogP contribution in [0.25, 0.3) is 0 Å². The summed E-state index contributed by atoms with van der Waals surface area (Å²) in [6.07, 6.45) is 0.374. The topological polar surface area (TPSA) is 76.3 Å². The van der Waals surface area contributed by atoms with E-state index in [1.807, 2.05) is 5.38 Å². The van der Waals surface area contributed by atoms with E-state index in [4.69, 9.17) is 18.0 Å². The Balaban J connectivity index is 2.86. The molecule has 0 saturated heterocycles. The highest BCUT2D eigenvalue weighted by Crippen LogP contribution is 2.14. The summed E-state index contributed by atoms with van der Waals surface area (Å²) in [4.78, 5) is 4.06. The van der Waals surface area contributed by atoms with Gasteiger partial charge in [-0.1, -0.05) is 19.1 Å². The maximum atomic E-state index is 12.2. The number of hydrogen-bond acceptors (Lipinski definition) is 5. The van der Waals surface area contributed by atoms with Crippen LogP contribution in [0, 0.1) is 0 Å². The molecular weight excluding hydrogens is 278 g/mol. The smallest absolute Gasteiger partial charge is 0.223 e. The van der Waals surface area contributed by atoms with Gasteiger partial charge in [-0.3, -0.25) is 0 Å². The fraction of sp³-hybridized carbons (Fsp3) is 0.556. The fourth-order valence-corrected chi connectivity index (χ4v) is 3.95. The van der Waals surface area contributed by atoms with Crippen molar-refractivity contribution in [1.29, 1.82) is 0 Å². The van der Waals surface area contributed by atoms with Crippen molar-refractivity contribution in [2.24, 2.45) is 5.73 Å². The number of thiocarbonyl (C=S) groups is 1. The summed E-state index contributed by atoms with van der Waals surface area (Å²) in [5, 5.41) is 1.01. The van der Waals surface area contributed by atoms with E-state index < -0.39 is 15.3 Å². The summed E-state index contributed by atoms with van der Waals surface area (Å²) in [5.41, 5.74) is 7.85. The first-order valence-corrected chi connectivity index (χ1v) is 7.86. The number of hydrogen-bond donors (Lipinski definition) is 1. The minimum atomic E-state index is -3.49. The van der Waals surface area contributed by atoms with Crippen LogP contribution in [-0.2, 0) is 16.6 Å². The second-order valence-electron chi connectivity index (χ2n) is 3.58. The van der Waals surface area contributed by atoms with Gasteiger partial charge in [0.1, 0.15) is 5.25 Å². The van der Waals surface area contributed by atoms with E-state index in [-0.39, 0.29) is 11.5 Å². The molecule has 0 aromatic carbocycles. The summed E-state index contributed by atoms with van der Waals surface area (Å²) in [6.45, 7) is 1.99. The van der Waals surface area contributed by atoms with Gasteiger partial charge in [0, 0.05) is 12.4 Å². The zero-order valence-corrected chi connectivity index (χ0v) is 12.1. The first-order valence-electron chi connectivity index (χ1n) is 5.01. The summed E-state index contributed by atoms with van der Waals surface area (Å²) in [5.74, 6) is 0. The van der Waals surface area contributed by atoms with Crippen LogP contribution in [0.2, 0.25) is 0 Å². The molecule has 1 aromatic rings. The molecule has 0 fully saturated rings. The molecule has 0 saturated carbocycles. The highest BCUT2D eigenvalue weighted by molar-refractivity contribution is 7.92. The molecule has 0 aliphatic heterocycles. The van der Waals surface area contributed by atoms with Crippen LogP contribution in [-0.4, -0.2) is 35.0 Å². The Bertz CT molecular complexity index is 470. The quantitative estimate of drug-likeness (QED) is 0.791. The SMILES string of the molecule is CCC(C(N)=S)S(=O)(=O)N(C)Cc1cscn1. The van der Waals surface area contributed by atoms with Gasteiger partial charge in [-0.2, -0.15) is 4.31 Å². The molecule has 17 heavy (non-hydrogen) atoms. The number of sulfonamides is 1. The van der Waals surface area contributed by atoms with Crippen molar-refractivity contribution in [2.45, 2.75) is 25.1 Å². The van der Waals surface area contributed by atoms with E-state index in [2.05, 4.69) is 4.98 Å². The lowest BCUT2D eigenvalue weighted by Crippen LogP contribution is -2.42. The Morgan fingerprint density at radius 3 is 2.76 bits per heavy atom. The average Bonchev–Trinajstić information content (AvgIpc) is 2.70. The zero-order valence-electron chi connectivity index (χ0n) is 9.66.